The summed E-state index contributed by atoms with van der Waals surface area (Å²) < 4.78 is 18.0. The highest BCUT2D eigenvalue weighted by atomic mass is 16.5. The number of anilines is 1. The fourth-order valence-corrected chi connectivity index (χ4v) is 2.76. The van der Waals surface area contributed by atoms with Crippen molar-refractivity contribution >= 4 is 11.8 Å². The number of rotatable bonds is 8. The summed E-state index contributed by atoms with van der Waals surface area (Å²) in [5, 5.41) is 9.37. The molecule has 162 valence electrons. The van der Waals surface area contributed by atoms with Gasteiger partial charge in [-0.25, -0.2) is 9.59 Å². The van der Waals surface area contributed by atoms with E-state index in [4.69, 9.17) is 19.6 Å². The van der Waals surface area contributed by atoms with E-state index in [0.717, 1.165) is 0 Å². The molecule has 0 aliphatic carbocycles. The van der Waals surface area contributed by atoms with Gasteiger partial charge in [0, 0.05) is 12.3 Å². The molecule has 3 N–H and O–H groups in total. The van der Waals surface area contributed by atoms with Crippen LogP contribution in [0.1, 0.15) is 10.4 Å². The van der Waals surface area contributed by atoms with Gasteiger partial charge in [0.2, 0.25) is 5.88 Å². The standard InChI is InChI=1S/C21H17N5O6/c22-17-7-8-26(21(29)24-17)9-11-31-20-23-14(16-6-3-10-30-16)12-18(25-20)32-15-5-2-1-4-13(15)19(27)28/h1-8,10,12H,9,11H2,(H,27,28)(H2,22,24,29). The van der Waals surface area contributed by atoms with Crippen LogP contribution >= 0.6 is 0 Å². The molecule has 0 radical (unpaired) electrons. The molecule has 3 aromatic heterocycles. The van der Waals surface area contributed by atoms with E-state index in [0.29, 0.717) is 11.5 Å². The number of ether oxygens (including phenoxy) is 2. The highest BCUT2D eigenvalue weighted by Crippen LogP contribution is 2.29. The number of benzene rings is 1. The molecule has 0 atom stereocenters. The molecule has 1 aromatic carbocycles. The molecule has 0 spiro atoms. The van der Waals surface area contributed by atoms with Crippen molar-refractivity contribution in [3.8, 4) is 29.1 Å². The van der Waals surface area contributed by atoms with Crippen LogP contribution in [0.5, 0.6) is 17.6 Å². The number of aromatic carboxylic acids is 1. The number of carboxylic acids is 1. The largest absolute Gasteiger partial charge is 0.478 e. The lowest BCUT2D eigenvalue weighted by atomic mass is 10.2. The highest BCUT2D eigenvalue weighted by Gasteiger charge is 2.15. The first-order valence-electron chi connectivity index (χ1n) is 9.38. The summed E-state index contributed by atoms with van der Waals surface area (Å²) in [6.07, 6.45) is 2.99. The van der Waals surface area contributed by atoms with E-state index in [1.165, 1.54) is 41.3 Å². The molecule has 11 heteroatoms. The summed E-state index contributed by atoms with van der Waals surface area (Å²) in [5.74, 6) is -0.409. The second-order valence-electron chi connectivity index (χ2n) is 6.43. The number of carboxylic acid groups (broad SMARTS) is 1. The van der Waals surface area contributed by atoms with Crippen LogP contribution in [0.15, 0.2) is 70.2 Å². The van der Waals surface area contributed by atoms with Crippen LogP contribution in [0.25, 0.3) is 11.5 Å². The Hall–Kier alpha value is -4.67. The lowest BCUT2D eigenvalue weighted by Gasteiger charge is -2.11. The molecule has 0 saturated heterocycles. The normalized spacial score (nSPS) is 10.6. The van der Waals surface area contributed by atoms with E-state index < -0.39 is 11.7 Å². The smallest absolute Gasteiger partial charge is 0.349 e. The van der Waals surface area contributed by atoms with Crippen LogP contribution < -0.4 is 20.9 Å². The minimum atomic E-state index is -1.14. The average molecular weight is 435 g/mol. The second-order valence-corrected chi connectivity index (χ2v) is 6.43. The van der Waals surface area contributed by atoms with E-state index >= 15 is 0 Å². The first-order chi connectivity index (χ1) is 15.5. The monoisotopic (exact) mass is 435 g/mol. The molecule has 0 unspecified atom stereocenters. The molecule has 32 heavy (non-hydrogen) atoms. The van der Waals surface area contributed by atoms with E-state index in [2.05, 4.69) is 15.0 Å². The SMILES string of the molecule is Nc1ccn(CCOc2nc(Oc3ccccc3C(=O)O)cc(-c3ccco3)n2)c(=O)n1. The van der Waals surface area contributed by atoms with Gasteiger partial charge in [-0.1, -0.05) is 12.1 Å². The van der Waals surface area contributed by atoms with Crippen molar-refractivity contribution < 1.29 is 23.8 Å². The fourth-order valence-electron chi connectivity index (χ4n) is 2.76. The van der Waals surface area contributed by atoms with Gasteiger partial charge in [-0.05, 0) is 30.3 Å². The Morgan fingerprint density at radius 3 is 2.72 bits per heavy atom. The predicted octanol–water partition coefficient (Wildman–Crippen LogP) is 2.45. The first-order valence-corrected chi connectivity index (χ1v) is 9.38. The number of para-hydroxylation sites is 1. The number of hydrogen-bond acceptors (Lipinski definition) is 9. The third-order valence-electron chi connectivity index (χ3n) is 4.25. The molecule has 3 heterocycles. The summed E-state index contributed by atoms with van der Waals surface area (Å²) >= 11 is 0. The maximum absolute atomic E-state index is 11.8. The number of furan rings is 1. The van der Waals surface area contributed by atoms with Gasteiger partial charge >= 0.3 is 17.7 Å². The molecule has 0 amide bonds. The van der Waals surface area contributed by atoms with E-state index in [1.807, 2.05) is 0 Å². The summed E-state index contributed by atoms with van der Waals surface area (Å²) in [6, 6.07) is 12.5. The zero-order valence-corrected chi connectivity index (χ0v) is 16.5. The van der Waals surface area contributed by atoms with Crippen LogP contribution in [-0.4, -0.2) is 37.2 Å². The minimum Gasteiger partial charge on any atom is -0.478 e. The molecule has 0 saturated carbocycles. The summed E-state index contributed by atoms with van der Waals surface area (Å²) in [7, 11) is 0. The molecule has 0 fully saturated rings. The summed E-state index contributed by atoms with van der Waals surface area (Å²) in [5.41, 5.74) is 5.32. The van der Waals surface area contributed by atoms with Crippen molar-refractivity contribution in [2.45, 2.75) is 6.54 Å². The quantitative estimate of drug-likeness (QED) is 0.421. The number of hydrogen-bond donors (Lipinski definition) is 2. The highest BCUT2D eigenvalue weighted by molar-refractivity contribution is 5.90. The average Bonchev–Trinajstić information content (AvgIpc) is 3.30. The van der Waals surface area contributed by atoms with Gasteiger partial charge in [0.15, 0.2) is 5.76 Å². The van der Waals surface area contributed by atoms with Crippen molar-refractivity contribution in [2.24, 2.45) is 0 Å². The maximum Gasteiger partial charge on any atom is 0.349 e. The zero-order chi connectivity index (χ0) is 22.5. The number of carbonyl (C=O) groups is 1. The van der Waals surface area contributed by atoms with Gasteiger partial charge < -0.3 is 24.7 Å². The van der Waals surface area contributed by atoms with Gasteiger partial charge in [-0.3, -0.25) is 4.57 Å². The molecule has 0 aliphatic heterocycles. The van der Waals surface area contributed by atoms with Crippen LogP contribution in [0.2, 0.25) is 0 Å². The third-order valence-corrected chi connectivity index (χ3v) is 4.25. The maximum atomic E-state index is 11.8. The van der Waals surface area contributed by atoms with Crippen molar-refractivity contribution in [2.75, 3.05) is 12.3 Å². The van der Waals surface area contributed by atoms with Crippen molar-refractivity contribution in [3.05, 3.63) is 77.0 Å². The topological polar surface area (TPSA) is 156 Å². The Morgan fingerprint density at radius 1 is 1.12 bits per heavy atom. The van der Waals surface area contributed by atoms with Gasteiger partial charge in [0.05, 0.1) is 12.8 Å². The Morgan fingerprint density at radius 2 is 1.97 bits per heavy atom. The van der Waals surface area contributed by atoms with Gasteiger partial charge in [-0.2, -0.15) is 15.0 Å². The Balaban J connectivity index is 1.59. The van der Waals surface area contributed by atoms with E-state index in [-0.39, 0.29) is 42.2 Å². The Bertz CT molecular complexity index is 1300. The van der Waals surface area contributed by atoms with Crippen molar-refractivity contribution in [1.82, 2.24) is 19.5 Å². The van der Waals surface area contributed by atoms with Crippen molar-refractivity contribution in [3.63, 3.8) is 0 Å². The lowest BCUT2D eigenvalue weighted by Crippen LogP contribution is -2.25. The van der Waals surface area contributed by atoms with Gasteiger partial charge in [-0.15, -0.1) is 0 Å². The van der Waals surface area contributed by atoms with Gasteiger partial charge in [0.1, 0.15) is 29.4 Å². The Labute approximate surface area is 180 Å². The molecule has 4 rings (SSSR count). The molecule has 0 aliphatic rings. The predicted molar refractivity (Wildman–Crippen MR) is 112 cm³/mol. The lowest BCUT2D eigenvalue weighted by molar-refractivity contribution is 0.0694. The van der Waals surface area contributed by atoms with Gasteiger partial charge in [0.25, 0.3) is 0 Å². The molecule has 4 aromatic rings. The summed E-state index contributed by atoms with van der Waals surface area (Å²) in [6.45, 7) is 0.233. The van der Waals surface area contributed by atoms with E-state index in [9.17, 15) is 14.7 Å². The first kappa shape index (κ1) is 20.6. The number of nitrogen functional groups attached to an aromatic ring is 1. The van der Waals surface area contributed by atoms with Crippen LogP contribution in [-0.2, 0) is 6.54 Å². The molecular formula is C21H17N5O6. The zero-order valence-electron chi connectivity index (χ0n) is 16.5. The fraction of sp³-hybridized carbons (Fsp3) is 0.0952. The third kappa shape index (κ3) is 4.73. The molecule has 11 nitrogen and oxygen atoms in total. The number of nitrogens with two attached hydrogens (primary N) is 1. The van der Waals surface area contributed by atoms with Crippen LogP contribution in [0.4, 0.5) is 5.82 Å². The number of nitrogens with zero attached hydrogens (tertiary/aromatic N) is 4. The van der Waals surface area contributed by atoms with Crippen LogP contribution in [0, 0.1) is 0 Å². The molecule has 0 bridgehead atoms. The van der Waals surface area contributed by atoms with E-state index in [1.54, 1.807) is 24.3 Å². The second kappa shape index (κ2) is 9.00. The Kier molecular flexibility index (Phi) is 5.79. The van der Waals surface area contributed by atoms with Crippen LogP contribution in [0.3, 0.4) is 0 Å². The minimum absolute atomic E-state index is 0.0247. The van der Waals surface area contributed by atoms with Crippen molar-refractivity contribution in [1.29, 1.82) is 0 Å². The number of aromatic nitrogens is 4. The molecular weight excluding hydrogens is 418 g/mol. The summed E-state index contributed by atoms with van der Waals surface area (Å²) in [4.78, 5) is 35.4.